The van der Waals surface area contributed by atoms with E-state index in [-0.39, 0.29) is 21.9 Å². The second-order valence-electron chi connectivity index (χ2n) is 5.57. The van der Waals surface area contributed by atoms with Crippen molar-refractivity contribution in [2.24, 2.45) is 0 Å². The van der Waals surface area contributed by atoms with Crippen LogP contribution < -0.4 is 10.1 Å². The normalized spacial score (nSPS) is 11.4. The summed E-state index contributed by atoms with van der Waals surface area (Å²) in [5, 5.41) is 2.56. The topological polar surface area (TPSA) is 75.7 Å². The van der Waals surface area contributed by atoms with Gasteiger partial charge in [0.05, 0.1) is 7.11 Å². The van der Waals surface area contributed by atoms with Gasteiger partial charge in [-0.05, 0) is 42.8 Å². The van der Waals surface area contributed by atoms with Crippen LogP contribution in [0.1, 0.15) is 15.9 Å². The van der Waals surface area contributed by atoms with Gasteiger partial charge in [-0.15, -0.1) is 0 Å². The van der Waals surface area contributed by atoms with Crippen LogP contribution in [-0.4, -0.2) is 39.8 Å². The highest BCUT2D eigenvalue weighted by Crippen LogP contribution is 2.29. The zero-order chi connectivity index (χ0) is 18.8. The van der Waals surface area contributed by atoms with Crippen LogP contribution in [0.25, 0.3) is 0 Å². The van der Waals surface area contributed by atoms with Crippen molar-refractivity contribution in [3.63, 3.8) is 0 Å². The molecule has 0 radical (unpaired) electrons. The van der Waals surface area contributed by atoms with Gasteiger partial charge in [0.25, 0.3) is 5.91 Å². The number of hydrogen-bond donors (Lipinski definition) is 1. The summed E-state index contributed by atoms with van der Waals surface area (Å²) >= 11 is 0. The Kier molecular flexibility index (Phi) is 5.44. The molecule has 8 heteroatoms. The summed E-state index contributed by atoms with van der Waals surface area (Å²) in [5.74, 6) is -0.872. The molecule has 6 nitrogen and oxygen atoms in total. The minimum absolute atomic E-state index is 0.0760. The van der Waals surface area contributed by atoms with E-state index in [9.17, 15) is 17.6 Å². The minimum Gasteiger partial charge on any atom is -0.495 e. The molecule has 0 heterocycles. The fraction of sp³-hybridized carbons (Fsp3) is 0.235. The smallest absolute Gasteiger partial charge is 0.255 e. The molecule has 0 aliphatic rings. The minimum atomic E-state index is -3.76. The van der Waals surface area contributed by atoms with Gasteiger partial charge in [0.2, 0.25) is 10.0 Å². The highest BCUT2D eigenvalue weighted by molar-refractivity contribution is 7.89. The highest BCUT2D eigenvalue weighted by atomic mass is 32.2. The molecule has 25 heavy (non-hydrogen) atoms. The molecule has 0 aliphatic heterocycles. The molecule has 0 saturated heterocycles. The molecule has 134 valence electrons. The van der Waals surface area contributed by atoms with Crippen LogP contribution in [0.2, 0.25) is 0 Å². The molecule has 1 amide bonds. The number of nitrogens with zero attached hydrogens (tertiary/aromatic N) is 1. The maximum Gasteiger partial charge on any atom is 0.255 e. The third-order valence-corrected chi connectivity index (χ3v) is 5.45. The van der Waals surface area contributed by atoms with E-state index in [1.165, 1.54) is 51.5 Å². The van der Waals surface area contributed by atoms with Crippen molar-refractivity contribution < 1.29 is 22.3 Å². The number of carbonyl (C=O) groups excluding carboxylic acids is 1. The molecular weight excluding hydrogens is 347 g/mol. The Morgan fingerprint density at radius 3 is 2.40 bits per heavy atom. The van der Waals surface area contributed by atoms with E-state index in [0.717, 1.165) is 10.4 Å². The summed E-state index contributed by atoms with van der Waals surface area (Å²) in [6, 6.07) is 8.38. The average molecular weight is 366 g/mol. The quantitative estimate of drug-likeness (QED) is 0.883. The van der Waals surface area contributed by atoms with Gasteiger partial charge in [-0.2, -0.15) is 0 Å². The number of rotatable bonds is 5. The molecule has 2 aromatic rings. The molecular formula is C17H19FN2O4S. The van der Waals surface area contributed by atoms with Crippen LogP contribution in [0.5, 0.6) is 5.75 Å². The Morgan fingerprint density at radius 2 is 1.84 bits per heavy atom. The first-order valence-corrected chi connectivity index (χ1v) is 8.79. The van der Waals surface area contributed by atoms with Crippen molar-refractivity contribution >= 4 is 21.6 Å². The monoisotopic (exact) mass is 366 g/mol. The Labute approximate surface area is 146 Å². The SMILES string of the molecule is COc1ccc(NC(=O)c2ccc(C)c(F)c2)cc1S(=O)(=O)N(C)C. The highest BCUT2D eigenvalue weighted by Gasteiger charge is 2.23. The number of sulfonamides is 1. The second-order valence-corrected chi connectivity index (χ2v) is 7.69. The van der Waals surface area contributed by atoms with E-state index in [1.807, 2.05) is 0 Å². The Balaban J connectivity index is 2.37. The number of hydrogen-bond acceptors (Lipinski definition) is 4. The summed E-state index contributed by atoms with van der Waals surface area (Å²) in [4.78, 5) is 12.2. The number of nitrogens with one attached hydrogen (secondary N) is 1. The number of aryl methyl sites for hydroxylation is 1. The first kappa shape index (κ1) is 18.9. The van der Waals surface area contributed by atoms with Crippen LogP contribution in [0, 0.1) is 12.7 Å². The molecule has 0 aliphatic carbocycles. The summed E-state index contributed by atoms with van der Waals surface area (Å²) in [6.45, 7) is 1.60. The number of methoxy groups -OCH3 is 1. The second kappa shape index (κ2) is 7.20. The van der Waals surface area contributed by atoms with Gasteiger partial charge >= 0.3 is 0 Å². The van der Waals surface area contributed by atoms with Gasteiger partial charge in [0.15, 0.2) is 0 Å². The average Bonchev–Trinajstić information content (AvgIpc) is 2.57. The molecule has 0 unspecified atom stereocenters. The van der Waals surface area contributed by atoms with Crippen molar-refractivity contribution in [3.05, 3.63) is 53.3 Å². The lowest BCUT2D eigenvalue weighted by atomic mass is 10.1. The Morgan fingerprint density at radius 1 is 1.16 bits per heavy atom. The van der Waals surface area contributed by atoms with E-state index < -0.39 is 21.7 Å². The van der Waals surface area contributed by atoms with Gasteiger partial charge in [-0.1, -0.05) is 6.07 Å². The fourth-order valence-electron chi connectivity index (χ4n) is 2.09. The third kappa shape index (κ3) is 3.97. The maximum atomic E-state index is 13.6. The first-order chi connectivity index (χ1) is 11.7. The molecule has 0 spiro atoms. The molecule has 0 atom stereocenters. The lowest BCUT2D eigenvalue weighted by molar-refractivity contribution is 0.102. The standard InChI is InChI=1S/C17H19FN2O4S/c1-11-5-6-12(9-14(11)18)17(21)19-13-7-8-15(24-4)16(10-13)25(22,23)20(2)3/h5-10H,1-4H3,(H,19,21). The first-order valence-electron chi connectivity index (χ1n) is 7.35. The van der Waals surface area contributed by atoms with Gasteiger partial charge < -0.3 is 10.1 Å². The van der Waals surface area contributed by atoms with E-state index in [0.29, 0.717) is 5.56 Å². The number of halogens is 1. The van der Waals surface area contributed by atoms with Crippen LogP contribution in [0.15, 0.2) is 41.3 Å². The van der Waals surface area contributed by atoms with Crippen LogP contribution in [0.4, 0.5) is 10.1 Å². The number of anilines is 1. The number of ether oxygens (including phenoxy) is 1. The summed E-state index contributed by atoms with van der Waals surface area (Å²) in [7, 11) is 0.396. The summed E-state index contributed by atoms with van der Waals surface area (Å²) in [6.07, 6.45) is 0. The lowest BCUT2D eigenvalue weighted by Gasteiger charge is -2.16. The van der Waals surface area contributed by atoms with E-state index >= 15 is 0 Å². The van der Waals surface area contributed by atoms with Crippen molar-refractivity contribution in [1.82, 2.24) is 4.31 Å². The van der Waals surface area contributed by atoms with E-state index in [1.54, 1.807) is 6.92 Å². The number of carbonyl (C=O) groups is 1. The number of benzene rings is 2. The number of amides is 1. The molecule has 1 N–H and O–H groups in total. The van der Waals surface area contributed by atoms with Gasteiger partial charge in [-0.3, -0.25) is 4.79 Å². The summed E-state index contributed by atoms with van der Waals surface area (Å²) < 4.78 is 44.5. The van der Waals surface area contributed by atoms with Crippen LogP contribution in [0.3, 0.4) is 0 Å². The van der Waals surface area contributed by atoms with E-state index in [4.69, 9.17) is 4.74 Å². The predicted molar refractivity (Wildman–Crippen MR) is 93.0 cm³/mol. The van der Waals surface area contributed by atoms with Crippen molar-refractivity contribution in [2.45, 2.75) is 11.8 Å². The molecule has 0 bridgehead atoms. The van der Waals surface area contributed by atoms with Crippen LogP contribution >= 0.6 is 0 Å². The lowest BCUT2D eigenvalue weighted by Crippen LogP contribution is -2.23. The largest absolute Gasteiger partial charge is 0.495 e. The van der Waals surface area contributed by atoms with E-state index in [2.05, 4.69) is 5.32 Å². The molecule has 0 aromatic heterocycles. The summed E-state index contributed by atoms with van der Waals surface area (Å²) in [5.41, 5.74) is 0.823. The molecule has 2 aromatic carbocycles. The van der Waals surface area contributed by atoms with Crippen molar-refractivity contribution in [3.8, 4) is 5.75 Å². The third-order valence-electron chi connectivity index (χ3n) is 3.61. The molecule has 0 fully saturated rings. The Bertz CT molecular complexity index is 911. The molecule has 2 rings (SSSR count). The zero-order valence-electron chi connectivity index (χ0n) is 14.3. The van der Waals surface area contributed by atoms with Crippen molar-refractivity contribution in [1.29, 1.82) is 0 Å². The maximum absolute atomic E-state index is 13.6. The van der Waals surface area contributed by atoms with Crippen LogP contribution in [-0.2, 0) is 10.0 Å². The predicted octanol–water partition coefficient (Wildman–Crippen LogP) is 2.65. The fourth-order valence-corrected chi connectivity index (χ4v) is 3.17. The van der Waals surface area contributed by atoms with Gasteiger partial charge in [0.1, 0.15) is 16.5 Å². The Hall–Kier alpha value is -2.45. The van der Waals surface area contributed by atoms with Crippen molar-refractivity contribution in [2.75, 3.05) is 26.5 Å². The zero-order valence-corrected chi connectivity index (χ0v) is 15.1. The molecule has 0 saturated carbocycles. The van der Waals surface area contributed by atoms with Gasteiger partial charge in [0, 0.05) is 25.3 Å². The van der Waals surface area contributed by atoms with Gasteiger partial charge in [-0.25, -0.2) is 17.1 Å².